The quantitative estimate of drug-likeness (QED) is 0.886. The van der Waals surface area contributed by atoms with Gasteiger partial charge >= 0.3 is 5.97 Å². The van der Waals surface area contributed by atoms with Crippen molar-refractivity contribution in [1.29, 1.82) is 0 Å². The molecule has 0 amide bonds. The van der Waals surface area contributed by atoms with Crippen LogP contribution in [-0.2, 0) is 6.61 Å². The van der Waals surface area contributed by atoms with Crippen LogP contribution in [0.4, 0.5) is 0 Å². The molecular weight excluding hydrogens is 240 g/mol. The van der Waals surface area contributed by atoms with Gasteiger partial charge in [-0.2, -0.15) is 0 Å². The lowest BCUT2D eigenvalue weighted by Gasteiger charge is -2.06. The van der Waals surface area contributed by atoms with Crippen molar-refractivity contribution in [3.8, 4) is 5.75 Å². The van der Waals surface area contributed by atoms with Crippen LogP contribution >= 0.6 is 0 Å². The van der Waals surface area contributed by atoms with Crippen molar-refractivity contribution in [1.82, 2.24) is 0 Å². The number of benzene rings is 2. The van der Waals surface area contributed by atoms with E-state index in [1.54, 1.807) is 18.2 Å². The second-order valence-electron chi connectivity index (χ2n) is 4.06. The fourth-order valence-electron chi connectivity index (χ4n) is 1.61. The molecule has 0 saturated heterocycles. The topological polar surface area (TPSA) is 46.5 Å². The zero-order chi connectivity index (χ0) is 13.7. The van der Waals surface area contributed by atoms with E-state index in [4.69, 9.17) is 9.84 Å². The van der Waals surface area contributed by atoms with E-state index in [1.165, 1.54) is 12.1 Å². The van der Waals surface area contributed by atoms with Crippen LogP contribution in [0.3, 0.4) is 0 Å². The van der Waals surface area contributed by atoms with E-state index in [-0.39, 0.29) is 5.56 Å². The highest BCUT2D eigenvalue weighted by atomic mass is 16.5. The molecule has 0 spiro atoms. The van der Waals surface area contributed by atoms with Crippen LogP contribution in [0.1, 0.15) is 21.5 Å². The first kappa shape index (κ1) is 12.9. The lowest BCUT2D eigenvalue weighted by atomic mass is 10.1. The molecule has 0 heterocycles. The highest BCUT2D eigenvalue weighted by molar-refractivity contribution is 5.87. The summed E-state index contributed by atoms with van der Waals surface area (Å²) in [6.45, 7) is 4.15. The minimum absolute atomic E-state index is 0.252. The third-order valence-corrected chi connectivity index (χ3v) is 2.72. The maximum Gasteiger partial charge on any atom is 0.335 e. The van der Waals surface area contributed by atoms with Gasteiger partial charge in [0.1, 0.15) is 12.4 Å². The van der Waals surface area contributed by atoms with Crippen molar-refractivity contribution in [2.24, 2.45) is 0 Å². The van der Waals surface area contributed by atoms with E-state index in [0.717, 1.165) is 11.1 Å². The molecular formula is C16H14O3. The van der Waals surface area contributed by atoms with Gasteiger partial charge in [0.2, 0.25) is 0 Å². The SMILES string of the molecule is C=Cc1ccc(COc2ccc(C(=O)O)cc2)cc1. The van der Waals surface area contributed by atoms with Crippen LogP contribution in [0.2, 0.25) is 0 Å². The smallest absolute Gasteiger partial charge is 0.335 e. The predicted molar refractivity (Wildman–Crippen MR) is 74.3 cm³/mol. The summed E-state index contributed by atoms with van der Waals surface area (Å²) in [5.74, 6) is -0.288. The minimum atomic E-state index is -0.938. The highest BCUT2D eigenvalue weighted by Gasteiger charge is 2.02. The van der Waals surface area contributed by atoms with Crippen LogP contribution < -0.4 is 4.74 Å². The van der Waals surface area contributed by atoms with Crippen molar-refractivity contribution in [3.63, 3.8) is 0 Å². The fraction of sp³-hybridized carbons (Fsp3) is 0.0625. The van der Waals surface area contributed by atoms with Crippen LogP contribution in [-0.4, -0.2) is 11.1 Å². The molecule has 0 aromatic heterocycles. The van der Waals surface area contributed by atoms with Gasteiger partial charge in [-0.15, -0.1) is 0 Å². The number of hydrogen-bond acceptors (Lipinski definition) is 2. The summed E-state index contributed by atoms with van der Waals surface area (Å²) in [5, 5.41) is 8.78. The predicted octanol–water partition coefficient (Wildman–Crippen LogP) is 3.61. The van der Waals surface area contributed by atoms with E-state index < -0.39 is 5.97 Å². The molecule has 3 nitrogen and oxygen atoms in total. The summed E-state index contributed by atoms with van der Waals surface area (Å²) < 4.78 is 5.58. The maximum atomic E-state index is 10.7. The van der Waals surface area contributed by atoms with E-state index in [9.17, 15) is 4.79 Å². The number of rotatable bonds is 5. The Balaban J connectivity index is 1.97. The molecule has 0 aliphatic carbocycles. The number of carboxylic acids is 1. The van der Waals surface area contributed by atoms with Gasteiger partial charge in [-0.25, -0.2) is 4.79 Å². The number of carbonyl (C=O) groups is 1. The third kappa shape index (κ3) is 3.45. The Labute approximate surface area is 111 Å². The summed E-state index contributed by atoms with van der Waals surface area (Å²) in [6, 6.07) is 14.3. The monoisotopic (exact) mass is 254 g/mol. The van der Waals surface area contributed by atoms with Gasteiger partial charge in [0.25, 0.3) is 0 Å². The van der Waals surface area contributed by atoms with Gasteiger partial charge in [-0.3, -0.25) is 0 Å². The summed E-state index contributed by atoms with van der Waals surface area (Å²) in [6.07, 6.45) is 1.79. The first-order valence-corrected chi connectivity index (χ1v) is 5.86. The molecule has 19 heavy (non-hydrogen) atoms. The van der Waals surface area contributed by atoms with Gasteiger partial charge in [0.05, 0.1) is 5.56 Å². The van der Waals surface area contributed by atoms with Crippen molar-refractivity contribution in [2.75, 3.05) is 0 Å². The Morgan fingerprint density at radius 3 is 2.26 bits per heavy atom. The third-order valence-electron chi connectivity index (χ3n) is 2.72. The number of ether oxygens (including phenoxy) is 1. The molecule has 2 rings (SSSR count). The molecule has 0 unspecified atom stereocenters. The molecule has 0 bridgehead atoms. The van der Waals surface area contributed by atoms with E-state index >= 15 is 0 Å². The molecule has 0 fully saturated rings. The largest absolute Gasteiger partial charge is 0.489 e. The van der Waals surface area contributed by atoms with Gasteiger partial charge in [0, 0.05) is 0 Å². The summed E-state index contributed by atoms with van der Waals surface area (Å²) in [5.41, 5.74) is 2.37. The van der Waals surface area contributed by atoms with Gasteiger partial charge in [-0.1, -0.05) is 36.9 Å². The Morgan fingerprint density at radius 1 is 1.11 bits per heavy atom. The van der Waals surface area contributed by atoms with E-state index in [1.807, 2.05) is 24.3 Å². The van der Waals surface area contributed by atoms with Crippen molar-refractivity contribution >= 4 is 12.0 Å². The summed E-state index contributed by atoms with van der Waals surface area (Å²) in [7, 11) is 0. The van der Waals surface area contributed by atoms with Crippen LogP contribution in [0.15, 0.2) is 55.1 Å². The molecule has 0 aliphatic heterocycles. The average Bonchev–Trinajstić information content (AvgIpc) is 2.46. The zero-order valence-electron chi connectivity index (χ0n) is 10.4. The Morgan fingerprint density at radius 2 is 1.74 bits per heavy atom. The van der Waals surface area contributed by atoms with Crippen molar-refractivity contribution in [2.45, 2.75) is 6.61 Å². The van der Waals surface area contributed by atoms with E-state index in [0.29, 0.717) is 12.4 Å². The number of carboxylic acid groups (broad SMARTS) is 1. The molecule has 1 N–H and O–H groups in total. The van der Waals surface area contributed by atoms with Gasteiger partial charge < -0.3 is 9.84 Å². The summed E-state index contributed by atoms with van der Waals surface area (Å²) >= 11 is 0. The van der Waals surface area contributed by atoms with Crippen molar-refractivity contribution < 1.29 is 14.6 Å². The zero-order valence-corrected chi connectivity index (χ0v) is 10.4. The minimum Gasteiger partial charge on any atom is -0.489 e. The second-order valence-corrected chi connectivity index (χ2v) is 4.06. The number of aromatic carboxylic acids is 1. The summed E-state index contributed by atoms with van der Waals surface area (Å²) in [4.78, 5) is 10.7. The maximum absolute atomic E-state index is 10.7. The Hall–Kier alpha value is -2.55. The van der Waals surface area contributed by atoms with Crippen LogP contribution in [0.25, 0.3) is 6.08 Å². The second kappa shape index (κ2) is 5.87. The van der Waals surface area contributed by atoms with Gasteiger partial charge in [-0.05, 0) is 35.4 Å². The number of hydrogen-bond donors (Lipinski definition) is 1. The standard InChI is InChI=1S/C16H14O3/c1-2-12-3-5-13(6-4-12)11-19-15-9-7-14(8-10-15)16(17)18/h2-10H,1,11H2,(H,17,18). The Bertz CT molecular complexity index is 568. The van der Waals surface area contributed by atoms with Crippen LogP contribution in [0.5, 0.6) is 5.75 Å². The first-order valence-electron chi connectivity index (χ1n) is 5.86. The lowest BCUT2D eigenvalue weighted by molar-refractivity contribution is 0.0697. The molecule has 96 valence electrons. The van der Waals surface area contributed by atoms with Crippen LogP contribution in [0, 0.1) is 0 Å². The highest BCUT2D eigenvalue weighted by Crippen LogP contribution is 2.14. The van der Waals surface area contributed by atoms with Crippen molar-refractivity contribution in [3.05, 3.63) is 71.8 Å². The Kier molecular flexibility index (Phi) is 3.98. The molecule has 2 aromatic carbocycles. The van der Waals surface area contributed by atoms with Gasteiger partial charge in [0.15, 0.2) is 0 Å². The normalized spacial score (nSPS) is 9.89. The fourth-order valence-corrected chi connectivity index (χ4v) is 1.61. The first-order chi connectivity index (χ1) is 9.19. The average molecular weight is 254 g/mol. The molecule has 0 aliphatic rings. The molecule has 3 heteroatoms. The van der Waals surface area contributed by atoms with E-state index in [2.05, 4.69) is 6.58 Å². The molecule has 0 atom stereocenters. The molecule has 0 radical (unpaired) electrons. The lowest BCUT2D eigenvalue weighted by Crippen LogP contribution is -1.98. The molecule has 0 saturated carbocycles. The molecule has 2 aromatic rings.